The smallest absolute Gasteiger partial charge is 0.253 e. The minimum Gasteiger partial charge on any atom is -0.338 e. The lowest BCUT2D eigenvalue weighted by Crippen LogP contribution is -2.32. The summed E-state index contributed by atoms with van der Waals surface area (Å²) in [5, 5.41) is 3.15. The standard InChI is InChI=1S/C18H29N3O3S/c1-5-21(6-2)25(23,24)17-11-16(8-7-14(17)3)18(22)20-10-9-15(13-20)12-19-4/h7-8,11,15,19H,5-6,9-10,12-13H2,1-4H3. The molecule has 1 saturated heterocycles. The number of carbonyl (C=O) groups is 1. The summed E-state index contributed by atoms with van der Waals surface area (Å²) < 4.78 is 27.1. The first-order chi connectivity index (χ1) is 11.8. The monoisotopic (exact) mass is 367 g/mol. The van der Waals surface area contributed by atoms with Crippen LogP contribution >= 0.6 is 0 Å². The molecule has 7 heteroatoms. The van der Waals surface area contributed by atoms with E-state index in [0.29, 0.717) is 36.7 Å². The number of nitrogens with one attached hydrogen (secondary N) is 1. The number of benzene rings is 1. The third kappa shape index (κ3) is 4.22. The number of rotatable bonds is 7. The number of nitrogens with zero attached hydrogens (tertiary/aromatic N) is 2. The molecule has 1 unspecified atom stereocenters. The lowest BCUT2D eigenvalue weighted by Gasteiger charge is -2.21. The van der Waals surface area contributed by atoms with Gasteiger partial charge in [0.1, 0.15) is 0 Å². The molecule has 25 heavy (non-hydrogen) atoms. The second kappa shape index (κ2) is 8.29. The van der Waals surface area contributed by atoms with Crippen LogP contribution in [0.4, 0.5) is 0 Å². The predicted molar refractivity (Wildman–Crippen MR) is 99.2 cm³/mol. The highest BCUT2D eigenvalue weighted by Crippen LogP contribution is 2.24. The Bertz CT molecular complexity index is 714. The third-order valence-electron chi connectivity index (χ3n) is 4.82. The second-order valence-electron chi connectivity index (χ2n) is 6.53. The van der Waals surface area contributed by atoms with Crippen molar-refractivity contribution in [2.75, 3.05) is 39.8 Å². The van der Waals surface area contributed by atoms with Gasteiger partial charge in [-0.1, -0.05) is 19.9 Å². The number of hydrogen-bond acceptors (Lipinski definition) is 4. The quantitative estimate of drug-likeness (QED) is 0.796. The van der Waals surface area contributed by atoms with Gasteiger partial charge in [-0.3, -0.25) is 4.79 Å². The molecule has 0 saturated carbocycles. The van der Waals surface area contributed by atoms with Gasteiger partial charge in [0.05, 0.1) is 4.90 Å². The van der Waals surface area contributed by atoms with E-state index in [4.69, 9.17) is 0 Å². The molecule has 0 aliphatic carbocycles. The van der Waals surface area contributed by atoms with Gasteiger partial charge in [0.15, 0.2) is 0 Å². The summed E-state index contributed by atoms with van der Waals surface area (Å²) in [5.74, 6) is 0.368. The summed E-state index contributed by atoms with van der Waals surface area (Å²) in [6.07, 6.45) is 0.975. The van der Waals surface area contributed by atoms with Crippen molar-refractivity contribution >= 4 is 15.9 Å². The molecule has 1 N–H and O–H groups in total. The van der Waals surface area contributed by atoms with E-state index < -0.39 is 10.0 Å². The molecular formula is C18H29N3O3S. The Morgan fingerprint density at radius 3 is 2.60 bits per heavy atom. The summed E-state index contributed by atoms with van der Waals surface area (Å²) in [7, 11) is -1.67. The fourth-order valence-corrected chi connectivity index (χ4v) is 5.08. The summed E-state index contributed by atoms with van der Waals surface area (Å²) in [5.41, 5.74) is 1.11. The molecule has 0 bridgehead atoms. The van der Waals surface area contributed by atoms with Crippen LogP contribution in [0.25, 0.3) is 0 Å². The molecule has 0 spiro atoms. The molecule has 1 aromatic carbocycles. The lowest BCUT2D eigenvalue weighted by molar-refractivity contribution is 0.0787. The fraction of sp³-hybridized carbons (Fsp3) is 0.611. The van der Waals surface area contributed by atoms with Crippen LogP contribution in [0.2, 0.25) is 0 Å². The summed E-state index contributed by atoms with van der Waals surface area (Å²) in [6, 6.07) is 4.99. The zero-order valence-electron chi connectivity index (χ0n) is 15.6. The SMILES string of the molecule is CCN(CC)S(=O)(=O)c1cc(C(=O)N2CCC(CNC)C2)ccc1C. The topological polar surface area (TPSA) is 69.7 Å². The fourth-order valence-electron chi connectivity index (χ4n) is 3.37. The highest BCUT2D eigenvalue weighted by atomic mass is 32.2. The minimum absolute atomic E-state index is 0.0883. The summed E-state index contributed by atoms with van der Waals surface area (Å²) in [4.78, 5) is 14.8. The van der Waals surface area contributed by atoms with Crippen LogP contribution in [0.15, 0.2) is 23.1 Å². The van der Waals surface area contributed by atoms with Crippen molar-refractivity contribution in [2.24, 2.45) is 5.92 Å². The van der Waals surface area contributed by atoms with Crippen molar-refractivity contribution < 1.29 is 13.2 Å². The van der Waals surface area contributed by atoms with Crippen molar-refractivity contribution in [3.63, 3.8) is 0 Å². The first-order valence-electron chi connectivity index (χ1n) is 8.89. The first kappa shape index (κ1) is 19.9. The van der Waals surface area contributed by atoms with Gasteiger partial charge in [-0.15, -0.1) is 0 Å². The van der Waals surface area contributed by atoms with Crippen LogP contribution in [0.5, 0.6) is 0 Å². The predicted octanol–water partition coefficient (Wildman–Crippen LogP) is 1.71. The van der Waals surface area contributed by atoms with Gasteiger partial charge in [0.2, 0.25) is 10.0 Å². The van der Waals surface area contributed by atoms with Crippen molar-refractivity contribution in [1.82, 2.24) is 14.5 Å². The van der Waals surface area contributed by atoms with Gasteiger partial charge in [-0.05, 0) is 50.6 Å². The summed E-state index contributed by atoms with van der Waals surface area (Å²) >= 11 is 0. The Morgan fingerprint density at radius 1 is 1.32 bits per heavy atom. The molecule has 1 aromatic rings. The van der Waals surface area contributed by atoms with Gasteiger partial charge in [0.25, 0.3) is 5.91 Å². The third-order valence-corrected chi connectivity index (χ3v) is 7.02. The van der Waals surface area contributed by atoms with Crippen molar-refractivity contribution in [2.45, 2.75) is 32.1 Å². The Hall–Kier alpha value is -1.44. The largest absolute Gasteiger partial charge is 0.338 e. The van der Waals surface area contributed by atoms with Crippen LogP contribution in [0.1, 0.15) is 36.2 Å². The Morgan fingerprint density at radius 2 is 2.00 bits per heavy atom. The van der Waals surface area contributed by atoms with E-state index in [-0.39, 0.29) is 10.8 Å². The zero-order valence-corrected chi connectivity index (χ0v) is 16.4. The van der Waals surface area contributed by atoms with Crippen molar-refractivity contribution in [3.05, 3.63) is 29.3 Å². The van der Waals surface area contributed by atoms with Gasteiger partial charge in [-0.25, -0.2) is 8.42 Å². The Balaban J connectivity index is 2.29. The molecule has 2 rings (SSSR count). The number of carbonyl (C=O) groups excluding carboxylic acids is 1. The number of amides is 1. The molecule has 1 amide bonds. The van der Waals surface area contributed by atoms with Gasteiger partial charge >= 0.3 is 0 Å². The molecule has 1 atom stereocenters. The number of hydrogen-bond donors (Lipinski definition) is 1. The van der Waals surface area contributed by atoms with E-state index >= 15 is 0 Å². The first-order valence-corrected chi connectivity index (χ1v) is 10.3. The Labute approximate surface area is 151 Å². The highest BCUT2D eigenvalue weighted by molar-refractivity contribution is 7.89. The van der Waals surface area contributed by atoms with Crippen molar-refractivity contribution in [1.29, 1.82) is 0 Å². The zero-order chi connectivity index (χ0) is 18.6. The number of sulfonamides is 1. The molecule has 1 heterocycles. The van der Waals surface area contributed by atoms with Crippen LogP contribution < -0.4 is 5.32 Å². The van der Waals surface area contributed by atoms with Crippen LogP contribution in [0, 0.1) is 12.8 Å². The maximum atomic E-state index is 12.8. The molecule has 0 aromatic heterocycles. The van der Waals surface area contributed by atoms with E-state index in [1.54, 1.807) is 19.1 Å². The normalized spacial score (nSPS) is 18.1. The van der Waals surface area contributed by atoms with Crippen LogP contribution in [-0.4, -0.2) is 63.3 Å². The van der Waals surface area contributed by atoms with Crippen LogP contribution in [0.3, 0.4) is 0 Å². The van der Waals surface area contributed by atoms with E-state index in [9.17, 15) is 13.2 Å². The number of aryl methyl sites for hydroxylation is 1. The van der Waals surface area contributed by atoms with E-state index in [1.807, 2.05) is 25.8 Å². The molecule has 0 radical (unpaired) electrons. The second-order valence-corrected chi connectivity index (χ2v) is 8.44. The molecule has 6 nitrogen and oxygen atoms in total. The molecule has 1 fully saturated rings. The maximum absolute atomic E-state index is 12.8. The average molecular weight is 368 g/mol. The molecule has 140 valence electrons. The van der Waals surface area contributed by atoms with E-state index in [0.717, 1.165) is 19.5 Å². The Kier molecular flexibility index (Phi) is 6.59. The van der Waals surface area contributed by atoms with Crippen molar-refractivity contribution in [3.8, 4) is 0 Å². The lowest BCUT2D eigenvalue weighted by atomic mass is 10.1. The van der Waals surface area contributed by atoms with Gasteiger partial charge in [-0.2, -0.15) is 4.31 Å². The highest BCUT2D eigenvalue weighted by Gasteiger charge is 2.29. The molecule has 1 aliphatic rings. The van der Waals surface area contributed by atoms with Gasteiger partial charge < -0.3 is 10.2 Å². The van der Waals surface area contributed by atoms with Gasteiger partial charge in [0, 0.05) is 31.7 Å². The minimum atomic E-state index is -3.58. The molecule has 1 aliphatic heterocycles. The summed E-state index contributed by atoms with van der Waals surface area (Å²) in [6.45, 7) is 8.54. The number of likely N-dealkylation sites (tertiary alicyclic amines) is 1. The maximum Gasteiger partial charge on any atom is 0.253 e. The average Bonchev–Trinajstić information content (AvgIpc) is 3.04. The van der Waals surface area contributed by atoms with E-state index in [1.165, 1.54) is 10.4 Å². The van der Waals surface area contributed by atoms with Crippen LogP contribution in [-0.2, 0) is 10.0 Å². The molecular weight excluding hydrogens is 338 g/mol. The van der Waals surface area contributed by atoms with E-state index in [2.05, 4.69) is 5.32 Å².